The molecule has 6 heteroatoms. The van der Waals surface area contributed by atoms with Crippen molar-refractivity contribution in [2.24, 2.45) is 7.05 Å². The van der Waals surface area contributed by atoms with Gasteiger partial charge in [-0.2, -0.15) is 0 Å². The zero-order valence-electron chi connectivity index (χ0n) is 11.3. The van der Waals surface area contributed by atoms with E-state index in [0.717, 1.165) is 17.9 Å². The predicted molar refractivity (Wildman–Crippen MR) is 75.3 cm³/mol. The highest BCUT2D eigenvalue weighted by Gasteiger charge is 2.25. The van der Waals surface area contributed by atoms with Crippen LogP contribution in [-0.2, 0) is 24.7 Å². The van der Waals surface area contributed by atoms with Gasteiger partial charge >= 0.3 is 0 Å². The Morgan fingerprint density at radius 3 is 3.10 bits per heavy atom. The second-order valence-electron chi connectivity index (χ2n) is 4.96. The van der Waals surface area contributed by atoms with Crippen molar-refractivity contribution < 1.29 is 4.79 Å². The first-order chi connectivity index (χ1) is 9.74. The number of para-hydroxylation sites is 1. The zero-order valence-corrected chi connectivity index (χ0v) is 11.3. The molecule has 0 saturated heterocycles. The number of fused-ring (bicyclic) bond motifs is 1. The van der Waals surface area contributed by atoms with Gasteiger partial charge in [-0.1, -0.05) is 18.2 Å². The van der Waals surface area contributed by atoms with Crippen LogP contribution in [0.1, 0.15) is 11.4 Å². The van der Waals surface area contributed by atoms with Crippen LogP contribution in [0.4, 0.5) is 5.69 Å². The number of aryl methyl sites for hydroxylation is 1. The third-order valence-corrected chi connectivity index (χ3v) is 3.54. The lowest BCUT2D eigenvalue weighted by atomic mass is 10.1. The van der Waals surface area contributed by atoms with Crippen LogP contribution >= 0.6 is 0 Å². The predicted octanol–water partition coefficient (Wildman–Crippen LogP) is 0.511. The zero-order chi connectivity index (χ0) is 13.9. The van der Waals surface area contributed by atoms with E-state index in [-0.39, 0.29) is 11.9 Å². The molecular formula is C14H17N5O. The Morgan fingerprint density at radius 2 is 2.35 bits per heavy atom. The Morgan fingerprint density at radius 1 is 1.50 bits per heavy atom. The van der Waals surface area contributed by atoms with E-state index in [0.29, 0.717) is 13.0 Å². The molecule has 0 saturated carbocycles. The van der Waals surface area contributed by atoms with Gasteiger partial charge in [-0.25, -0.2) is 0 Å². The molecule has 1 aromatic heterocycles. The summed E-state index contributed by atoms with van der Waals surface area (Å²) in [4.78, 5) is 12.1. The number of amides is 1. The van der Waals surface area contributed by atoms with Crippen molar-refractivity contribution >= 4 is 11.6 Å². The van der Waals surface area contributed by atoms with Crippen LogP contribution < -0.4 is 10.6 Å². The topological polar surface area (TPSA) is 71.8 Å². The number of hydrogen-bond donors (Lipinski definition) is 2. The van der Waals surface area contributed by atoms with Crippen molar-refractivity contribution in [3.8, 4) is 0 Å². The SMILES string of the molecule is Cn1cnnc1CCNC(=O)C1Cc2ccccc2N1. The van der Waals surface area contributed by atoms with Crippen molar-refractivity contribution in [3.63, 3.8) is 0 Å². The molecule has 0 spiro atoms. The van der Waals surface area contributed by atoms with E-state index in [4.69, 9.17) is 0 Å². The van der Waals surface area contributed by atoms with Crippen LogP contribution in [0.2, 0.25) is 0 Å². The van der Waals surface area contributed by atoms with Crippen molar-refractivity contribution in [2.45, 2.75) is 18.9 Å². The van der Waals surface area contributed by atoms with Gasteiger partial charge in [0, 0.05) is 32.1 Å². The van der Waals surface area contributed by atoms with Gasteiger partial charge in [-0.15, -0.1) is 10.2 Å². The lowest BCUT2D eigenvalue weighted by Crippen LogP contribution is -2.39. The van der Waals surface area contributed by atoms with E-state index in [1.165, 1.54) is 5.56 Å². The van der Waals surface area contributed by atoms with E-state index in [9.17, 15) is 4.79 Å². The molecule has 0 fully saturated rings. The minimum Gasteiger partial charge on any atom is -0.373 e. The second kappa shape index (κ2) is 5.32. The molecule has 0 radical (unpaired) electrons. The average molecular weight is 271 g/mol. The summed E-state index contributed by atoms with van der Waals surface area (Å²) < 4.78 is 1.86. The third-order valence-electron chi connectivity index (χ3n) is 3.54. The van der Waals surface area contributed by atoms with Gasteiger partial charge in [0.05, 0.1) is 0 Å². The molecule has 1 atom stereocenters. The van der Waals surface area contributed by atoms with Crippen molar-refractivity contribution in [2.75, 3.05) is 11.9 Å². The fourth-order valence-electron chi connectivity index (χ4n) is 2.41. The molecule has 1 unspecified atom stereocenters. The largest absolute Gasteiger partial charge is 0.373 e. The van der Waals surface area contributed by atoms with Gasteiger partial charge in [0.2, 0.25) is 5.91 Å². The van der Waals surface area contributed by atoms with Crippen LogP contribution in [-0.4, -0.2) is 33.3 Å². The maximum atomic E-state index is 12.1. The van der Waals surface area contributed by atoms with Crippen LogP contribution in [0.3, 0.4) is 0 Å². The number of benzene rings is 1. The molecule has 1 amide bonds. The standard InChI is InChI=1S/C14H17N5O/c1-19-9-16-18-13(19)6-7-15-14(20)12-8-10-4-2-3-5-11(10)17-12/h2-5,9,12,17H,6-8H2,1H3,(H,15,20). The number of carbonyl (C=O) groups is 1. The summed E-state index contributed by atoms with van der Waals surface area (Å²) in [6, 6.07) is 7.85. The van der Waals surface area contributed by atoms with Crippen molar-refractivity contribution in [1.29, 1.82) is 0 Å². The van der Waals surface area contributed by atoms with Crippen molar-refractivity contribution in [1.82, 2.24) is 20.1 Å². The maximum absolute atomic E-state index is 12.1. The van der Waals surface area contributed by atoms with Gasteiger partial charge < -0.3 is 15.2 Å². The lowest BCUT2D eigenvalue weighted by molar-refractivity contribution is -0.121. The molecular weight excluding hydrogens is 254 g/mol. The number of hydrogen-bond acceptors (Lipinski definition) is 4. The smallest absolute Gasteiger partial charge is 0.242 e. The second-order valence-corrected chi connectivity index (χ2v) is 4.96. The molecule has 2 N–H and O–H groups in total. The van der Waals surface area contributed by atoms with E-state index < -0.39 is 0 Å². The van der Waals surface area contributed by atoms with E-state index >= 15 is 0 Å². The number of aromatic nitrogens is 3. The van der Waals surface area contributed by atoms with E-state index in [1.807, 2.05) is 29.8 Å². The average Bonchev–Trinajstić information content (AvgIpc) is 3.05. The Bertz CT molecular complexity index is 597. The summed E-state index contributed by atoms with van der Waals surface area (Å²) in [6.45, 7) is 0.569. The fraction of sp³-hybridized carbons (Fsp3) is 0.357. The molecule has 2 heterocycles. The van der Waals surface area contributed by atoms with Crippen LogP contribution in [0.15, 0.2) is 30.6 Å². The summed E-state index contributed by atoms with van der Waals surface area (Å²) in [7, 11) is 1.90. The van der Waals surface area contributed by atoms with Crippen LogP contribution in [0.5, 0.6) is 0 Å². The van der Waals surface area contributed by atoms with Crippen LogP contribution in [0.25, 0.3) is 0 Å². The molecule has 6 nitrogen and oxygen atoms in total. The number of carbonyl (C=O) groups excluding carboxylic acids is 1. The number of nitrogens with one attached hydrogen (secondary N) is 2. The normalized spacial score (nSPS) is 16.6. The Balaban J connectivity index is 1.50. The van der Waals surface area contributed by atoms with Gasteiger partial charge in [0.15, 0.2) is 0 Å². The third kappa shape index (κ3) is 2.49. The fourth-order valence-corrected chi connectivity index (χ4v) is 2.41. The van der Waals surface area contributed by atoms with Crippen molar-refractivity contribution in [3.05, 3.63) is 42.0 Å². The number of anilines is 1. The molecule has 1 aromatic carbocycles. The highest BCUT2D eigenvalue weighted by atomic mass is 16.2. The minimum atomic E-state index is -0.174. The minimum absolute atomic E-state index is 0.0309. The summed E-state index contributed by atoms with van der Waals surface area (Å²) in [6.07, 6.45) is 3.08. The molecule has 1 aliphatic rings. The Kier molecular flexibility index (Phi) is 3.37. The summed E-state index contributed by atoms with van der Waals surface area (Å²) in [5.41, 5.74) is 2.25. The first kappa shape index (κ1) is 12.7. The number of rotatable bonds is 4. The highest BCUT2D eigenvalue weighted by Crippen LogP contribution is 2.24. The summed E-state index contributed by atoms with van der Waals surface area (Å²) in [5.74, 6) is 0.899. The maximum Gasteiger partial charge on any atom is 0.242 e. The monoisotopic (exact) mass is 271 g/mol. The summed E-state index contributed by atoms with van der Waals surface area (Å²) >= 11 is 0. The Labute approximate surface area is 117 Å². The lowest BCUT2D eigenvalue weighted by Gasteiger charge is -2.11. The van der Waals surface area contributed by atoms with Gasteiger partial charge in [-0.3, -0.25) is 4.79 Å². The molecule has 0 bridgehead atoms. The molecule has 2 aromatic rings. The Hall–Kier alpha value is -2.37. The molecule has 3 rings (SSSR count). The molecule has 0 aliphatic carbocycles. The first-order valence-electron chi connectivity index (χ1n) is 6.69. The van der Waals surface area contributed by atoms with E-state index in [1.54, 1.807) is 6.33 Å². The first-order valence-corrected chi connectivity index (χ1v) is 6.69. The molecule has 104 valence electrons. The quantitative estimate of drug-likeness (QED) is 0.850. The van der Waals surface area contributed by atoms with Gasteiger partial charge in [-0.05, 0) is 11.6 Å². The highest BCUT2D eigenvalue weighted by molar-refractivity contribution is 5.87. The number of nitrogens with zero attached hydrogens (tertiary/aromatic N) is 3. The van der Waals surface area contributed by atoms with E-state index in [2.05, 4.69) is 26.9 Å². The molecule has 1 aliphatic heterocycles. The summed E-state index contributed by atoms with van der Waals surface area (Å²) in [5, 5.41) is 14.0. The van der Waals surface area contributed by atoms with Gasteiger partial charge in [0.1, 0.15) is 18.2 Å². The van der Waals surface area contributed by atoms with Gasteiger partial charge in [0.25, 0.3) is 0 Å². The van der Waals surface area contributed by atoms with Crippen LogP contribution in [0, 0.1) is 0 Å². The molecule has 20 heavy (non-hydrogen) atoms.